The lowest BCUT2D eigenvalue weighted by Gasteiger charge is -2.25. The Hall–Kier alpha value is -4.56. The van der Waals surface area contributed by atoms with Crippen molar-refractivity contribution in [2.75, 3.05) is 26.2 Å². The number of nitrogens with two attached hydrogens (primary N) is 1. The van der Waals surface area contributed by atoms with Gasteiger partial charge in [-0.1, -0.05) is 30.3 Å². The number of hydrogen-bond acceptors (Lipinski definition) is 9. The Bertz CT molecular complexity index is 1420. The lowest BCUT2D eigenvalue weighted by molar-refractivity contribution is -0.385. The molecule has 14 nitrogen and oxygen atoms in total. The molecule has 234 valence electrons. The maximum Gasteiger partial charge on any atom is 0.310 e. The van der Waals surface area contributed by atoms with Crippen LogP contribution in [0.15, 0.2) is 42.5 Å². The molecule has 0 radical (unpaired) electrons. The smallest absolute Gasteiger partial charge is 0.310 e. The number of epoxide rings is 1. The number of benzene rings is 2. The van der Waals surface area contributed by atoms with Gasteiger partial charge in [0.2, 0.25) is 11.8 Å². The highest BCUT2D eigenvalue weighted by Gasteiger charge is 2.51. The van der Waals surface area contributed by atoms with Crippen LogP contribution in [0.5, 0.6) is 5.75 Å². The van der Waals surface area contributed by atoms with Crippen LogP contribution in [0.2, 0.25) is 0 Å². The van der Waals surface area contributed by atoms with Gasteiger partial charge >= 0.3 is 5.69 Å². The van der Waals surface area contributed by atoms with Crippen LogP contribution in [0.25, 0.3) is 0 Å². The van der Waals surface area contributed by atoms with Crippen molar-refractivity contribution in [3.05, 3.63) is 69.3 Å². The first-order chi connectivity index (χ1) is 21.1. The van der Waals surface area contributed by atoms with Crippen molar-refractivity contribution in [2.24, 2.45) is 11.7 Å². The fourth-order valence-electron chi connectivity index (χ4n) is 6.00. The number of phenols is 1. The van der Waals surface area contributed by atoms with Gasteiger partial charge in [-0.2, -0.15) is 0 Å². The third-order valence-electron chi connectivity index (χ3n) is 8.40. The second kappa shape index (κ2) is 13.4. The minimum Gasteiger partial charge on any atom is -0.502 e. The lowest BCUT2D eigenvalue weighted by Crippen LogP contribution is -2.56. The Morgan fingerprint density at radius 1 is 1.02 bits per heavy atom. The molecule has 0 unspecified atom stereocenters. The number of nitro benzene ring substituents is 1. The zero-order valence-corrected chi connectivity index (χ0v) is 24.1. The first kappa shape index (κ1) is 30.9. The average molecular weight is 609 g/mol. The zero-order chi connectivity index (χ0) is 31.4. The SMILES string of the molecule is NC(=O)[C@H](NC(=O)[C@@H](Cc1ccc(O)c([N+](=O)[O-])c1)NC(=O)[C@@H]1O[C@H]1C(=O)NCCN1CCCC1)C1Cc2ccccc2C1. The highest BCUT2D eigenvalue weighted by atomic mass is 16.6. The molecule has 3 aliphatic rings. The predicted octanol–water partition coefficient (Wildman–Crippen LogP) is -0.308. The molecule has 5 rings (SSSR count). The van der Waals surface area contributed by atoms with Crippen LogP contribution in [0, 0.1) is 16.0 Å². The van der Waals surface area contributed by atoms with Crippen molar-refractivity contribution >= 4 is 29.3 Å². The standard InChI is InChI=1S/C30H36N6O8/c31-27(38)24(20-15-18-5-1-2-6-19(18)16-20)34-28(39)21(13-17-7-8-23(37)22(14-17)36(42)43)33-30(41)26-25(44-26)29(40)32-9-12-35-10-3-4-11-35/h1-2,5-8,14,20-21,24-26,37H,3-4,9-13,15-16H2,(H2,31,38)(H,32,40)(H,33,41)(H,34,39)/t21-,24-,25-,26-/m1/s1. The molecule has 2 aliphatic heterocycles. The summed E-state index contributed by atoms with van der Waals surface area (Å²) in [5, 5.41) is 29.3. The lowest BCUT2D eigenvalue weighted by atomic mass is 9.95. The number of fused-ring (bicyclic) bond motifs is 1. The van der Waals surface area contributed by atoms with Crippen molar-refractivity contribution in [1.29, 1.82) is 0 Å². The van der Waals surface area contributed by atoms with Gasteiger partial charge in [-0.3, -0.25) is 29.3 Å². The molecule has 1 aliphatic carbocycles. The molecule has 4 amide bonds. The van der Waals surface area contributed by atoms with Gasteiger partial charge in [0, 0.05) is 25.6 Å². The Morgan fingerprint density at radius 3 is 2.32 bits per heavy atom. The van der Waals surface area contributed by atoms with Gasteiger partial charge < -0.3 is 36.4 Å². The van der Waals surface area contributed by atoms with Crippen LogP contribution in [-0.2, 0) is 43.2 Å². The van der Waals surface area contributed by atoms with Crippen LogP contribution in [-0.4, -0.2) is 89.0 Å². The van der Waals surface area contributed by atoms with Crippen molar-refractivity contribution in [3.63, 3.8) is 0 Å². The van der Waals surface area contributed by atoms with Gasteiger partial charge in [-0.25, -0.2) is 0 Å². The summed E-state index contributed by atoms with van der Waals surface area (Å²) in [7, 11) is 0. The minimum atomic E-state index is -1.31. The molecule has 0 saturated carbocycles. The number of nitrogens with one attached hydrogen (secondary N) is 3. The number of primary amides is 1. The molecule has 6 N–H and O–H groups in total. The molecule has 2 saturated heterocycles. The highest BCUT2D eigenvalue weighted by Crippen LogP contribution is 2.30. The first-order valence-electron chi connectivity index (χ1n) is 14.7. The van der Waals surface area contributed by atoms with E-state index in [9.17, 15) is 34.4 Å². The maximum atomic E-state index is 13.6. The number of ether oxygens (including phenoxy) is 1. The van der Waals surface area contributed by atoms with Crippen LogP contribution in [0.1, 0.15) is 29.5 Å². The third kappa shape index (κ3) is 7.32. The molecule has 2 heterocycles. The van der Waals surface area contributed by atoms with E-state index in [1.807, 2.05) is 24.3 Å². The quantitative estimate of drug-likeness (QED) is 0.115. The van der Waals surface area contributed by atoms with Gasteiger partial charge in [0.05, 0.1) is 4.92 Å². The molecular formula is C30H36N6O8. The fourth-order valence-corrected chi connectivity index (χ4v) is 6.00. The van der Waals surface area contributed by atoms with Crippen molar-refractivity contribution in [3.8, 4) is 5.75 Å². The summed E-state index contributed by atoms with van der Waals surface area (Å²) in [6.45, 7) is 3.08. The Labute approximate surface area is 253 Å². The van der Waals surface area contributed by atoms with Crippen LogP contribution >= 0.6 is 0 Å². The molecule has 14 heteroatoms. The predicted molar refractivity (Wildman–Crippen MR) is 156 cm³/mol. The van der Waals surface area contributed by atoms with Crippen molar-refractivity contribution in [1.82, 2.24) is 20.9 Å². The molecular weight excluding hydrogens is 572 g/mol. The largest absolute Gasteiger partial charge is 0.502 e. The molecule has 44 heavy (non-hydrogen) atoms. The summed E-state index contributed by atoms with van der Waals surface area (Å²) >= 11 is 0. The van der Waals surface area contributed by atoms with Gasteiger partial charge in [-0.15, -0.1) is 0 Å². The molecule has 2 fully saturated rings. The Balaban J connectivity index is 1.26. The number of nitrogens with zero attached hydrogens (tertiary/aromatic N) is 2. The van der Waals surface area contributed by atoms with Crippen LogP contribution in [0.3, 0.4) is 0 Å². The topological polar surface area (TPSA) is 210 Å². The number of aromatic hydroxyl groups is 1. The normalized spacial score (nSPS) is 20.7. The van der Waals surface area contributed by atoms with Crippen LogP contribution < -0.4 is 21.7 Å². The molecule has 0 aromatic heterocycles. The van der Waals surface area contributed by atoms with E-state index in [1.165, 1.54) is 6.07 Å². The van der Waals surface area contributed by atoms with Gasteiger partial charge in [-0.05, 0) is 67.4 Å². The van der Waals surface area contributed by atoms with E-state index < -0.39 is 64.3 Å². The van der Waals surface area contributed by atoms with E-state index in [1.54, 1.807) is 0 Å². The summed E-state index contributed by atoms with van der Waals surface area (Å²) < 4.78 is 5.33. The molecule has 0 bridgehead atoms. The number of carbonyl (C=O) groups excluding carboxylic acids is 4. The van der Waals surface area contributed by atoms with E-state index in [2.05, 4.69) is 20.9 Å². The monoisotopic (exact) mass is 608 g/mol. The first-order valence-corrected chi connectivity index (χ1v) is 14.7. The zero-order valence-electron chi connectivity index (χ0n) is 24.1. The van der Waals surface area contributed by atoms with E-state index >= 15 is 0 Å². The van der Waals surface area contributed by atoms with E-state index in [0.29, 0.717) is 25.9 Å². The number of likely N-dealkylation sites (tertiary alicyclic amines) is 1. The summed E-state index contributed by atoms with van der Waals surface area (Å²) in [5.74, 6) is -3.49. The average Bonchev–Trinajstić information content (AvgIpc) is 3.41. The summed E-state index contributed by atoms with van der Waals surface area (Å²) in [5.41, 5.74) is 7.51. The number of phenolic OH excluding ortho intramolecular Hbond substituents is 1. The summed E-state index contributed by atoms with van der Waals surface area (Å²) in [6, 6.07) is 8.94. The summed E-state index contributed by atoms with van der Waals surface area (Å²) in [6.07, 6.45) is 0.954. The number of amides is 4. The number of rotatable bonds is 13. The van der Waals surface area contributed by atoms with E-state index in [4.69, 9.17) is 10.5 Å². The highest BCUT2D eigenvalue weighted by molar-refractivity contribution is 5.97. The van der Waals surface area contributed by atoms with Crippen LogP contribution in [0.4, 0.5) is 5.69 Å². The molecule has 2 aromatic carbocycles. The number of carbonyl (C=O) groups is 4. The van der Waals surface area contributed by atoms with Crippen molar-refractivity contribution < 1.29 is 33.9 Å². The van der Waals surface area contributed by atoms with Gasteiger partial charge in [0.25, 0.3) is 11.8 Å². The summed E-state index contributed by atoms with van der Waals surface area (Å²) in [4.78, 5) is 64.6. The molecule has 2 aromatic rings. The fraction of sp³-hybridized carbons (Fsp3) is 0.467. The van der Waals surface area contributed by atoms with Gasteiger partial charge in [0.1, 0.15) is 12.1 Å². The molecule has 0 spiro atoms. The van der Waals surface area contributed by atoms with E-state index in [-0.39, 0.29) is 17.9 Å². The number of nitro groups is 1. The van der Waals surface area contributed by atoms with E-state index in [0.717, 1.165) is 49.2 Å². The number of hydrogen-bond donors (Lipinski definition) is 5. The Kier molecular flexibility index (Phi) is 9.40. The van der Waals surface area contributed by atoms with Crippen molar-refractivity contribution in [2.45, 2.75) is 56.4 Å². The third-order valence-corrected chi connectivity index (χ3v) is 8.40. The maximum absolute atomic E-state index is 13.6. The minimum absolute atomic E-state index is 0.214. The van der Waals surface area contributed by atoms with Gasteiger partial charge in [0.15, 0.2) is 18.0 Å². The second-order valence-corrected chi connectivity index (χ2v) is 11.5. The Morgan fingerprint density at radius 2 is 1.68 bits per heavy atom. The molecule has 4 atom stereocenters. The second-order valence-electron chi connectivity index (χ2n) is 11.5.